The minimum atomic E-state index is -0.263. The van der Waals surface area contributed by atoms with Crippen molar-refractivity contribution in [3.05, 3.63) is 28.8 Å². The molecule has 0 saturated carbocycles. The molecule has 16 heavy (non-hydrogen) atoms. The number of urea groups is 1. The second-order valence-electron chi connectivity index (χ2n) is 3.25. The summed E-state index contributed by atoms with van der Waals surface area (Å²) in [5.41, 5.74) is 0.822. The zero-order valence-electron chi connectivity index (χ0n) is 9.12. The molecule has 1 aromatic carbocycles. The van der Waals surface area contributed by atoms with Crippen molar-refractivity contribution >= 4 is 23.3 Å². The molecule has 0 fully saturated rings. The van der Waals surface area contributed by atoms with E-state index in [1.807, 2.05) is 13.0 Å². The number of amides is 2. The number of rotatable bonds is 2. The first kappa shape index (κ1) is 12.3. The van der Waals surface area contributed by atoms with Crippen LogP contribution in [0.3, 0.4) is 0 Å². The molecule has 1 rings (SSSR count). The van der Waals surface area contributed by atoms with Crippen LogP contribution < -0.4 is 5.32 Å². The fraction of sp³-hybridized carbons (Fsp3) is 0.273. The molecule has 0 bridgehead atoms. The van der Waals surface area contributed by atoms with E-state index in [9.17, 15) is 4.79 Å². The Bertz CT molecular complexity index is 439. The maximum atomic E-state index is 11.6. The van der Waals surface area contributed by atoms with Gasteiger partial charge in [-0.2, -0.15) is 5.26 Å². The summed E-state index contributed by atoms with van der Waals surface area (Å²) in [7, 11) is 1.67. The van der Waals surface area contributed by atoms with Crippen LogP contribution in [0.15, 0.2) is 18.2 Å². The van der Waals surface area contributed by atoms with Gasteiger partial charge in [-0.05, 0) is 25.1 Å². The molecule has 0 aliphatic rings. The Hall–Kier alpha value is -1.73. The van der Waals surface area contributed by atoms with Gasteiger partial charge in [-0.25, -0.2) is 4.79 Å². The number of nitriles is 1. The molecule has 1 N–H and O–H groups in total. The van der Waals surface area contributed by atoms with Crippen molar-refractivity contribution in [1.82, 2.24) is 4.90 Å². The zero-order chi connectivity index (χ0) is 12.1. The summed E-state index contributed by atoms with van der Waals surface area (Å²) in [5, 5.41) is 12.0. The largest absolute Gasteiger partial charge is 0.328 e. The number of hydrogen-bond donors (Lipinski definition) is 1. The first-order valence-electron chi connectivity index (χ1n) is 4.80. The molecule has 0 saturated heterocycles. The minimum absolute atomic E-state index is 0.263. The molecule has 0 aromatic heterocycles. The van der Waals surface area contributed by atoms with E-state index in [0.29, 0.717) is 22.8 Å². The fourth-order valence-corrected chi connectivity index (χ4v) is 1.24. The monoisotopic (exact) mass is 237 g/mol. The third-order valence-corrected chi connectivity index (χ3v) is 2.40. The summed E-state index contributed by atoms with van der Waals surface area (Å²) >= 11 is 5.80. The smallest absolute Gasteiger partial charge is 0.321 e. The molecule has 4 nitrogen and oxygen atoms in total. The van der Waals surface area contributed by atoms with Crippen molar-refractivity contribution in [3.63, 3.8) is 0 Å². The molecule has 0 aliphatic carbocycles. The number of anilines is 1. The highest BCUT2D eigenvalue weighted by Crippen LogP contribution is 2.20. The number of benzene rings is 1. The van der Waals surface area contributed by atoms with E-state index >= 15 is 0 Å². The van der Waals surface area contributed by atoms with Gasteiger partial charge in [-0.15, -0.1) is 0 Å². The Balaban J connectivity index is 2.92. The molecule has 84 valence electrons. The van der Waals surface area contributed by atoms with Gasteiger partial charge < -0.3 is 10.2 Å². The lowest BCUT2D eigenvalue weighted by Gasteiger charge is -2.16. The standard InChI is InChI=1S/C11H12ClN3O/c1-3-15(2)11(16)14-10-6-9(12)5-4-8(10)7-13/h4-6H,3H2,1-2H3,(H,14,16). The molecule has 0 radical (unpaired) electrons. The van der Waals surface area contributed by atoms with Crippen LogP contribution >= 0.6 is 11.6 Å². The lowest BCUT2D eigenvalue weighted by atomic mass is 10.2. The Kier molecular flexibility index (Phi) is 4.15. The Morgan fingerprint density at radius 2 is 2.31 bits per heavy atom. The summed E-state index contributed by atoms with van der Waals surface area (Å²) < 4.78 is 0. The van der Waals surface area contributed by atoms with Gasteiger partial charge in [-0.3, -0.25) is 0 Å². The molecule has 0 atom stereocenters. The number of halogens is 1. The fourth-order valence-electron chi connectivity index (χ4n) is 1.07. The number of nitrogens with zero attached hydrogens (tertiary/aromatic N) is 2. The molecular weight excluding hydrogens is 226 g/mol. The quantitative estimate of drug-likeness (QED) is 0.860. The lowest BCUT2D eigenvalue weighted by molar-refractivity contribution is 0.224. The molecule has 0 heterocycles. The number of carbonyl (C=O) groups excluding carboxylic acids is 1. The predicted molar refractivity (Wildman–Crippen MR) is 63.5 cm³/mol. The lowest BCUT2D eigenvalue weighted by Crippen LogP contribution is -2.31. The van der Waals surface area contributed by atoms with Gasteiger partial charge >= 0.3 is 6.03 Å². The zero-order valence-corrected chi connectivity index (χ0v) is 9.88. The summed E-state index contributed by atoms with van der Waals surface area (Å²) in [6.45, 7) is 2.46. The van der Waals surface area contributed by atoms with Crippen LogP contribution in [0.4, 0.5) is 10.5 Å². The SMILES string of the molecule is CCN(C)C(=O)Nc1cc(Cl)ccc1C#N. The molecule has 5 heteroatoms. The highest BCUT2D eigenvalue weighted by molar-refractivity contribution is 6.31. The van der Waals surface area contributed by atoms with Crippen molar-refractivity contribution in [1.29, 1.82) is 5.26 Å². The molecule has 1 aromatic rings. The van der Waals surface area contributed by atoms with Gasteiger partial charge in [0.05, 0.1) is 11.3 Å². The first-order chi connectivity index (χ1) is 7.58. The van der Waals surface area contributed by atoms with Crippen LogP contribution in [-0.2, 0) is 0 Å². The van der Waals surface area contributed by atoms with Gasteiger partial charge in [0.1, 0.15) is 6.07 Å². The summed E-state index contributed by atoms with van der Waals surface area (Å²) in [5.74, 6) is 0. The van der Waals surface area contributed by atoms with Crippen molar-refractivity contribution in [2.24, 2.45) is 0 Å². The second-order valence-corrected chi connectivity index (χ2v) is 3.68. The first-order valence-corrected chi connectivity index (χ1v) is 5.18. The normalized spacial score (nSPS) is 9.38. The van der Waals surface area contributed by atoms with Crippen LogP contribution in [0.25, 0.3) is 0 Å². The van der Waals surface area contributed by atoms with Crippen LogP contribution in [-0.4, -0.2) is 24.5 Å². The van der Waals surface area contributed by atoms with Crippen LogP contribution in [0.2, 0.25) is 5.02 Å². The second kappa shape index (κ2) is 5.38. The molecule has 2 amide bonds. The van der Waals surface area contributed by atoms with E-state index in [0.717, 1.165) is 0 Å². The summed E-state index contributed by atoms with van der Waals surface area (Å²) in [4.78, 5) is 13.1. The van der Waals surface area contributed by atoms with Crippen molar-refractivity contribution in [2.75, 3.05) is 18.9 Å². The number of nitrogens with one attached hydrogen (secondary N) is 1. The van der Waals surface area contributed by atoms with E-state index in [1.165, 1.54) is 4.90 Å². The molecule has 0 unspecified atom stereocenters. The maximum absolute atomic E-state index is 11.6. The van der Waals surface area contributed by atoms with Gasteiger partial charge in [0.25, 0.3) is 0 Å². The number of carbonyl (C=O) groups is 1. The van der Waals surface area contributed by atoms with E-state index in [1.54, 1.807) is 25.2 Å². The van der Waals surface area contributed by atoms with Gasteiger partial charge in [0.2, 0.25) is 0 Å². The van der Waals surface area contributed by atoms with E-state index in [-0.39, 0.29) is 6.03 Å². The van der Waals surface area contributed by atoms with Gasteiger partial charge in [-0.1, -0.05) is 11.6 Å². The van der Waals surface area contributed by atoms with Crippen molar-refractivity contribution < 1.29 is 4.79 Å². The molecule has 0 spiro atoms. The molecule has 0 aliphatic heterocycles. The Labute approximate surface area is 99.4 Å². The van der Waals surface area contributed by atoms with E-state index in [4.69, 9.17) is 16.9 Å². The average molecular weight is 238 g/mol. The Morgan fingerprint density at radius 3 is 2.88 bits per heavy atom. The average Bonchev–Trinajstić information content (AvgIpc) is 2.28. The Morgan fingerprint density at radius 1 is 1.62 bits per heavy atom. The summed E-state index contributed by atoms with van der Waals surface area (Å²) in [6.07, 6.45) is 0. The number of hydrogen-bond acceptors (Lipinski definition) is 2. The molecular formula is C11H12ClN3O. The van der Waals surface area contributed by atoms with Crippen molar-refractivity contribution in [2.45, 2.75) is 6.92 Å². The van der Waals surface area contributed by atoms with E-state index in [2.05, 4.69) is 5.32 Å². The third kappa shape index (κ3) is 2.88. The van der Waals surface area contributed by atoms with Gasteiger partial charge in [0.15, 0.2) is 0 Å². The van der Waals surface area contributed by atoms with E-state index < -0.39 is 0 Å². The summed E-state index contributed by atoms with van der Waals surface area (Å²) in [6, 6.07) is 6.47. The third-order valence-electron chi connectivity index (χ3n) is 2.16. The highest BCUT2D eigenvalue weighted by Gasteiger charge is 2.09. The minimum Gasteiger partial charge on any atom is -0.328 e. The topological polar surface area (TPSA) is 56.1 Å². The van der Waals surface area contributed by atoms with Gasteiger partial charge in [0, 0.05) is 18.6 Å². The predicted octanol–water partition coefficient (Wildman–Crippen LogP) is 2.70. The van der Waals surface area contributed by atoms with Crippen molar-refractivity contribution in [3.8, 4) is 6.07 Å². The van der Waals surface area contributed by atoms with Crippen LogP contribution in [0.5, 0.6) is 0 Å². The van der Waals surface area contributed by atoms with Crippen LogP contribution in [0, 0.1) is 11.3 Å². The highest BCUT2D eigenvalue weighted by atomic mass is 35.5. The van der Waals surface area contributed by atoms with Crippen LogP contribution in [0.1, 0.15) is 12.5 Å². The maximum Gasteiger partial charge on any atom is 0.321 e.